The van der Waals surface area contributed by atoms with Gasteiger partial charge in [0, 0.05) is 6.54 Å². The number of hydrogen-bond acceptors (Lipinski definition) is 2. The first-order valence-electron chi connectivity index (χ1n) is 5.23. The lowest BCUT2D eigenvalue weighted by molar-refractivity contribution is -0.137. The van der Waals surface area contributed by atoms with E-state index in [0.717, 1.165) is 19.6 Å². The number of rotatable bonds is 3. The minimum absolute atomic E-state index is 0. The lowest BCUT2D eigenvalue weighted by Gasteiger charge is -2.23. The van der Waals surface area contributed by atoms with Crippen LogP contribution in [0.1, 0.15) is 38.5 Å². The Morgan fingerprint density at radius 3 is 2.07 bits per heavy atom. The van der Waals surface area contributed by atoms with Crippen LogP contribution in [-0.4, -0.2) is 35.6 Å². The van der Waals surface area contributed by atoms with E-state index in [1.807, 2.05) is 0 Å². The maximum atomic E-state index is 10.4. The quantitative estimate of drug-likeness (QED) is 0.794. The predicted octanol–water partition coefficient (Wildman–Crippen LogP) is 2.15. The number of likely N-dealkylation sites (tertiary alicyclic amines) is 1. The monoisotopic (exact) mass is 221 g/mol. The molecule has 1 rings (SSSR count). The van der Waals surface area contributed by atoms with Crippen molar-refractivity contribution in [2.45, 2.75) is 38.5 Å². The second kappa shape index (κ2) is 8.06. The van der Waals surface area contributed by atoms with E-state index >= 15 is 0 Å². The fraction of sp³-hybridized carbons (Fsp3) is 0.900. The highest BCUT2D eigenvalue weighted by atomic mass is 35.5. The molecule has 0 aliphatic carbocycles. The SMILES string of the molecule is Cl.O=C(O)CCN1CCCCCCC1. The standard InChI is InChI=1S/C10H19NO2.ClH/c12-10(13)6-9-11-7-4-2-1-3-5-8-11;/h1-9H2,(H,12,13);1H. The average Bonchev–Trinajstić information content (AvgIpc) is 2.01. The molecule has 1 aliphatic heterocycles. The summed E-state index contributed by atoms with van der Waals surface area (Å²) < 4.78 is 0. The van der Waals surface area contributed by atoms with Crippen molar-refractivity contribution in [2.24, 2.45) is 0 Å². The van der Waals surface area contributed by atoms with Gasteiger partial charge in [0.2, 0.25) is 0 Å². The first-order chi connectivity index (χ1) is 6.29. The number of hydrogen-bond donors (Lipinski definition) is 1. The molecular formula is C10H20ClNO2. The van der Waals surface area contributed by atoms with Crippen molar-refractivity contribution in [2.75, 3.05) is 19.6 Å². The van der Waals surface area contributed by atoms with Gasteiger partial charge in [-0.25, -0.2) is 0 Å². The molecule has 0 saturated carbocycles. The van der Waals surface area contributed by atoms with Crippen LogP contribution in [0.2, 0.25) is 0 Å². The van der Waals surface area contributed by atoms with E-state index < -0.39 is 5.97 Å². The van der Waals surface area contributed by atoms with Crippen LogP contribution in [0.3, 0.4) is 0 Å². The van der Waals surface area contributed by atoms with Crippen LogP contribution >= 0.6 is 12.4 Å². The Labute approximate surface area is 91.9 Å². The van der Waals surface area contributed by atoms with Gasteiger partial charge < -0.3 is 10.0 Å². The first-order valence-corrected chi connectivity index (χ1v) is 5.23. The lowest BCUT2D eigenvalue weighted by Crippen LogP contribution is -2.29. The molecule has 1 N–H and O–H groups in total. The molecule has 84 valence electrons. The van der Waals surface area contributed by atoms with Crippen LogP contribution in [0.25, 0.3) is 0 Å². The molecule has 0 bridgehead atoms. The molecule has 1 aliphatic rings. The third kappa shape index (κ3) is 6.22. The van der Waals surface area contributed by atoms with Gasteiger partial charge in [0.1, 0.15) is 0 Å². The summed E-state index contributed by atoms with van der Waals surface area (Å²) in [7, 11) is 0. The number of carboxylic acids is 1. The first kappa shape index (κ1) is 13.7. The lowest BCUT2D eigenvalue weighted by atomic mass is 10.1. The van der Waals surface area contributed by atoms with Crippen LogP contribution in [0.4, 0.5) is 0 Å². The third-order valence-electron chi connectivity index (χ3n) is 2.59. The molecule has 0 aromatic carbocycles. The summed E-state index contributed by atoms with van der Waals surface area (Å²) >= 11 is 0. The maximum absolute atomic E-state index is 10.4. The summed E-state index contributed by atoms with van der Waals surface area (Å²) in [5.74, 6) is -0.679. The molecule has 0 spiro atoms. The summed E-state index contributed by atoms with van der Waals surface area (Å²) in [6.45, 7) is 2.91. The number of halogens is 1. The average molecular weight is 222 g/mol. The van der Waals surface area contributed by atoms with Crippen LogP contribution in [-0.2, 0) is 4.79 Å². The van der Waals surface area contributed by atoms with Crippen molar-refractivity contribution in [1.82, 2.24) is 4.90 Å². The van der Waals surface area contributed by atoms with Crippen molar-refractivity contribution in [3.05, 3.63) is 0 Å². The molecule has 4 heteroatoms. The topological polar surface area (TPSA) is 40.5 Å². The Morgan fingerprint density at radius 1 is 1.07 bits per heavy atom. The predicted molar refractivity (Wildman–Crippen MR) is 59.0 cm³/mol. The molecule has 0 atom stereocenters. The molecule has 1 heterocycles. The zero-order valence-corrected chi connectivity index (χ0v) is 9.39. The summed E-state index contributed by atoms with van der Waals surface area (Å²) in [4.78, 5) is 12.7. The summed E-state index contributed by atoms with van der Waals surface area (Å²) in [5, 5.41) is 8.54. The van der Waals surface area contributed by atoms with Gasteiger partial charge in [0.25, 0.3) is 0 Å². The second-order valence-electron chi connectivity index (χ2n) is 3.75. The smallest absolute Gasteiger partial charge is 0.304 e. The van der Waals surface area contributed by atoms with Gasteiger partial charge in [0.05, 0.1) is 6.42 Å². The van der Waals surface area contributed by atoms with Crippen molar-refractivity contribution in [1.29, 1.82) is 0 Å². The molecule has 1 saturated heterocycles. The highest BCUT2D eigenvalue weighted by Crippen LogP contribution is 2.10. The minimum Gasteiger partial charge on any atom is -0.481 e. The fourth-order valence-electron chi connectivity index (χ4n) is 1.79. The van der Waals surface area contributed by atoms with Crippen LogP contribution in [0, 0.1) is 0 Å². The van der Waals surface area contributed by atoms with E-state index in [4.69, 9.17) is 5.11 Å². The van der Waals surface area contributed by atoms with Crippen molar-refractivity contribution in [3.63, 3.8) is 0 Å². The Hall–Kier alpha value is -0.280. The Bertz CT molecular complexity index is 156. The van der Waals surface area contributed by atoms with Gasteiger partial charge in [-0.3, -0.25) is 4.79 Å². The molecule has 0 aromatic heterocycles. The summed E-state index contributed by atoms with van der Waals surface area (Å²) in [6, 6.07) is 0. The normalized spacial score (nSPS) is 19.1. The Morgan fingerprint density at radius 2 is 1.57 bits per heavy atom. The number of carboxylic acid groups (broad SMARTS) is 1. The molecule has 1 fully saturated rings. The van der Waals surface area contributed by atoms with E-state index in [1.54, 1.807) is 0 Å². The Kier molecular flexibility index (Phi) is 7.90. The molecule has 0 aromatic rings. The van der Waals surface area contributed by atoms with Crippen molar-refractivity contribution in [3.8, 4) is 0 Å². The summed E-state index contributed by atoms with van der Waals surface area (Å²) in [5.41, 5.74) is 0. The van der Waals surface area contributed by atoms with E-state index in [2.05, 4.69) is 4.90 Å². The van der Waals surface area contributed by atoms with Crippen LogP contribution < -0.4 is 0 Å². The summed E-state index contributed by atoms with van der Waals surface area (Å²) in [6.07, 6.45) is 6.74. The number of nitrogens with zero attached hydrogens (tertiary/aromatic N) is 1. The van der Waals surface area contributed by atoms with Gasteiger partial charge in [-0.1, -0.05) is 19.3 Å². The Balaban J connectivity index is 0.00000169. The van der Waals surface area contributed by atoms with E-state index in [0.29, 0.717) is 6.42 Å². The van der Waals surface area contributed by atoms with E-state index in [-0.39, 0.29) is 12.4 Å². The molecule has 3 nitrogen and oxygen atoms in total. The van der Waals surface area contributed by atoms with Crippen molar-refractivity contribution < 1.29 is 9.90 Å². The van der Waals surface area contributed by atoms with Crippen molar-refractivity contribution >= 4 is 18.4 Å². The van der Waals surface area contributed by atoms with Gasteiger partial charge in [-0.15, -0.1) is 12.4 Å². The van der Waals surface area contributed by atoms with E-state index in [1.165, 1.54) is 32.1 Å². The van der Waals surface area contributed by atoms with Gasteiger partial charge in [-0.2, -0.15) is 0 Å². The zero-order chi connectivity index (χ0) is 9.52. The van der Waals surface area contributed by atoms with Gasteiger partial charge in [0.15, 0.2) is 0 Å². The third-order valence-corrected chi connectivity index (χ3v) is 2.59. The number of carbonyl (C=O) groups is 1. The van der Waals surface area contributed by atoms with E-state index in [9.17, 15) is 4.79 Å². The molecule has 0 unspecified atom stereocenters. The highest BCUT2D eigenvalue weighted by molar-refractivity contribution is 5.85. The molecule has 0 radical (unpaired) electrons. The molecule has 0 amide bonds. The molecular weight excluding hydrogens is 202 g/mol. The maximum Gasteiger partial charge on any atom is 0.304 e. The minimum atomic E-state index is -0.679. The number of aliphatic carboxylic acids is 1. The molecule has 14 heavy (non-hydrogen) atoms. The van der Waals surface area contributed by atoms with Gasteiger partial charge in [-0.05, 0) is 25.9 Å². The fourth-order valence-corrected chi connectivity index (χ4v) is 1.79. The van der Waals surface area contributed by atoms with Crippen LogP contribution in [0.5, 0.6) is 0 Å². The largest absolute Gasteiger partial charge is 0.481 e. The highest BCUT2D eigenvalue weighted by Gasteiger charge is 2.08. The second-order valence-corrected chi connectivity index (χ2v) is 3.75. The zero-order valence-electron chi connectivity index (χ0n) is 8.57. The van der Waals surface area contributed by atoms with Gasteiger partial charge >= 0.3 is 5.97 Å². The van der Waals surface area contributed by atoms with Crippen LogP contribution in [0.15, 0.2) is 0 Å².